The molecule has 4 aliphatic rings. The second-order valence-corrected chi connectivity index (χ2v) is 8.44. The Labute approximate surface area is 147 Å². The first-order valence-electron chi connectivity index (χ1n) is 8.71. The van der Waals surface area contributed by atoms with Crippen LogP contribution in [0.3, 0.4) is 0 Å². The Balaban J connectivity index is 1.59. The van der Waals surface area contributed by atoms with Crippen molar-refractivity contribution in [2.75, 3.05) is 0 Å². The fourth-order valence-electron chi connectivity index (χ4n) is 5.81. The van der Waals surface area contributed by atoms with Crippen LogP contribution < -0.4 is 11.1 Å². The highest BCUT2D eigenvalue weighted by molar-refractivity contribution is 6.17. The molecule has 0 saturated heterocycles. The lowest BCUT2D eigenvalue weighted by atomic mass is 9.46. The SMILES string of the molecule is NC(=O)C12CC3CC(CC(NC(=O)c4cccc(CCl)c4)(C3)C1)C2. The number of carbonyl (C=O) groups excluding carboxylic acids is 2. The molecule has 4 fully saturated rings. The minimum absolute atomic E-state index is 0.0662. The van der Waals surface area contributed by atoms with Gasteiger partial charge in [0, 0.05) is 17.0 Å². The predicted molar refractivity (Wildman–Crippen MR) is 92.5 cm³/mol. The van der Waals surface area contributed by atoms with Crippen molar-refractivity contribution in [2.45, 2.75) is 49.9 Å². The van der Waals surface area contributed by atoms with E-state index >= 15 is 0 Å². The van der Waals surface area contributed by atoms with Gasteiger partial charge in [0.15, 0.2) is 0 Å². The Morgan fingerprint density at radius 3 is 2.54 bits per heavy atom. The molecule has 0 heterocycles. The Bertz CT molecular complexity index is 688. The molecule has 1 aromatic carbocycles. The standard InChI is InChI=1S/C19H23ClN2O2/c20-10-12-2-1-3-15(5-12)16(23)22-19-8-13-4-14(9-19)7-18(6-13,11-19)17(21)24/h1-3,5,13-14H,4,6-11H2,(H2,21,24)(H,22,23). The van der Waals surface area contributed by atoms with Gasteiger partial charge in [-0.25, -0.2) is 0 Å². The Morgan fingerprint density at radius 2 is 1.92 bits per heavy atom. The number of halogens is 1. The first kappa shape index (κ1) is 15.9. The molecule has 4 aliphatic carbocycles. The number of alkyl halides is 1. The monoisotopic (exact) mass is 346 g/mol. The van der Waals surface area contributed by atoms with E-state index in [1.54, 1.807) is 0 Å². The minimum atomic E-state index is -0.407. The summed E-state index contributed by atoms with van der Waals surface area (Å²) in [7, 11) is 0. The zero-order valence-electron chi connectivity index (χ0n) is 13.7. The van der Waals surface area contributed by atoms with Gasteiger partial charge in [0.1, 0.15) is 0 Å². The normalized spacial score (nSPS) is 36.5. The molecular formula is C19H23ClN2O2. The zero-order valence-corrected chi connectivity index (χ0v) is 14.4. The van der Waals surface area contributed by atoms with Crippen molar-refractivity contribution in [3.8, 4) is 0 Å². The van der Waals surface area contributed by atoms with Crippen molar-refractivity contribution in [2.24, 2.45) is 23.0 Å². The summed E-state index contributed by atoms with van der Waals surface area (Å²) in [5.41, 5.74) is 6.66. The lowest BCUT2D eigenvalue weighted by Gasteiger charge is -2.61. The van der Waals surface area contributed by atoms with Gasteiger partial charge >= 0.3 is 0 Å². The van der Waals surface area contributed by atoms with Crippen molar-refractivity contribution < 1.29 is 9.59 Å². The van der Waals surface area contributed by atoms with E-state index in [0.717, 1.165) is 31.2 Å². The Kier molecular flexibility index (Phi) is 3.64. The van der Waals surface area contributed by atoms with Crippen LogP contribution in [-0.4, -0.2) is 17.4 Å². The number of rotatable bonds is 4. The van der Waals surface area contributed by atoms with Gasteiger partial charge in [-0.2, -0.15) is 0 Å². The molecule has 2 atom stereocenters. The number of nitrogens with one attached hydrogen (secondary N) is 1. The highest BCUT2D eigenvalue weighted by Crippen LogP contribution is 2.61. The van der Waals surface area contributed by atoms with E-state index in [4.69, 9.17) is 17.3 Å². The van der Waals surface area contributed by atoms with Crippen molar-refractivity contribution in [3.05, 3.63) is 35.4 Å². The highest BCUT2D eigenvalue weighted by atomic mass is 35.5. The molecule has 5 heteroatoms. The van der Waals surface area contributed by atoms with Gasteiger partial charge in [0.2, 0.25) is 5.91 Å². The maximum absolute atomic E-state index is 12.8. The van der Waals surface area contributed by atoms with E-state index in [-0.39, 0.29) is 17.4 Å². The van der Waals surface area contributed by atoms with Crippen LogP contribution >= 0.6 is 11.6 Å². The quantitative estimate of drug-likeness (QED) is 0.823. The summed E-state index contributed by atoms with van der Waals surface area (Å²) in [4.78, 5) is 24.9. The molecule has 4 saturated carbocycles. The summed E-state index contributed by atoms with van der Waals surface area (Å²) >= 11 is 5.87. The van der Waals surface area contributed by atoms with Crippen LogP contribution in [-0.2, 0) is 10.7 Å². The van der Waals surface area contributed by atoms with Crippen molar-refractivity contribution in [3.63, 3.8) is 0 Å². The summed E-state index contributed by atoms with van der Waals surface area (Å²) < 4.78 is 0. The molecule has 128 valence electrons. The molecule has 0 aliphatic heterocycles. The van der Waals surface area contributed by atoms with Gasteiger partial charge in [-0.1, -0.05) is 12.1 Å². The van der Waals surface area contributed by atoms with Gasteiger partial charge in [-0.3, -0.25) is 9.59 Å². The first-order chi connectivity index (χ1) is 11.4. The van der Waals surface area contributed by atoms with E-state index in [0.29, 0.717) is 29.7 Å². The number of hydrogen-bond acceptors (Lipinski definition) is 2. The van der Waals surface area contributed by atoms with E-state index in [2.05, 4.69) is 5.32 Å². The molecule has 2 unspecified atom stereocenters. The van der Waals surface area contributed by atoms with Crippen LogP contribution in [0.5, 0.6) is 0 Å². The number of primary amides is 1. The number of amides is 2. The van der Waals surface area contributed by atoms with Crippen LogP contribution in [0.2, 0.25) is 0 Å². The smallest absolute Gasteiger partial charge is 0.251 e. The van der Waals surface area contributed by atoms with Crippen molar-refractivity contribution >= 4 is 23.4 Å². The Morgan fingerprint density at radius 1 is 1.21 bits per heavy atom. The molecule has 24 heavy (non-hydrogen) atoms. The average molecular weight is 347 g/mol. The summed E-state index contributed by atoms with van der Waals surface area (Å²) in [5.74, 6) is 1.16. The summed E-state index contributed by atoms with van der Waals surface area (Å²) in [6.07, 6.45) is 5.62. The van der Waals surface area contributed by atoms with Crippen molar-refractivity contribution in [1.29, 1.82) is 0 Å². The summed E-state index contributed by atoms with van der Waals surface area (Å²) in [6, 6.07) is 7.43. The lowest BCUT2D eigenvalue weighted by Crippen LogP contribution is -2.65. The van der Waals surface area contributed by atoms with E-state index in [9.17, 15) is 9.59 Å². The second-order valence-electron chi connectivity index (χ2n) is 8.17. The topological polar surface area (TPSA) is 72.2 Å². The third kappa shape index (κ3) is 2.52. The number of nitrogens with two attached hydrogens (primary N) is 1. The second kappa shape index (κ2) is 5.48. The van der Waals surface area contributed by atoms with E-state index in [1.165, 1.54) is 6.42 Å². The molecule has 1 aromatic rings. The summed E-state index contributed by atoms with van der Waals surface area (Å²) in [6.45, 7) is 0. The van der Waals surface area contributed by atoms with E-state index < -0.39 is 5.41 Å². The molecule has 4 nitrogen and oxygen atoms in total. The number of benzene rings is 1. The molecule has 4 bridgehead atoms. The predicted octanol–water partition coefficient (Wildman–Crippen LogP) is 2.98. The largest absolute Gasteiger partial charge is 0.369 e. The minimum Gasteiger partial charge on any atom is -0.369 e. The fraction of sp³-hybridized carbons (Fsp3) is 0.579. The van der Waals surface area contributed by atoms with E-state index in [1.807, 2.05) is 24.3 Å². The van der Waals surface area contributed by atoms with Crippen molar-refractivity contribution in [1.82, 2.24) is 5.32 Å². The zero-order chi connectivity index (χ0) is 16.9. The molecule has 0 spiro atoms. The molecule has 0 aromatic heterocycles. The van der Waals surface area contributed by atoms with Crippen LogP contribution in [0, 0.1) is 17.3 Å². The lowest BCUT2D eigenvalue weighted by molar-refractivity contribution is -0.146. The van der Waals surface area contributed by atoms with Gasteiger partial charge in [0.25, 0.3) is 5.91 Å². The van der Waals surface area contributed by atoms with Gasteiger partial charge in [-0.05, 0) is 68.1 Å². The van der Waals surface area contributed by atoms with Gasteiger partial charge in [0.05, 0.1) is 5.41 Å². The summed E-state index contributed by atoms with van der Waals surface area (Å²) in [5, 5.41) is 3.28. The average Bonchev–Trinajstić information content (AvgIpc) is 2.53. The third-order valence-electron chi connectivity index (χ3n) is 6.31. The Hall–Kier alpha value is -1.55. The fourth-order valence-corrected chi connectivity index (χ4v) is 5.97. The van der Waals surface area contributed by atoms with Crippen LogP contribution in [0.1, 0.15) is 54.4 Å². The molecule has 5 rings (SSSR count). The van der Waals surface area contributed by atoms with Gasteiger partial charge < -0.3 is 11.1 Å². The highest BCUT2D eigenvalue weighted by Gasteiger charge is 2.60. The molecule has 2 amide bonds. The van der Waals surface area contributed by atoms with Crippen LogP contribution in [0.4, 0.5) is 0 Å². The third-order valence-corrected chi connectivity index (χ3v) is 6.61. The number of hydrogen-bond donors (Lipinski definition) is 2. The molecule has 0 radical (unpaired) electrons. The number of carbonyl (C=O) groups is 2. The first-order valence-corrected chi connectivity index (χ1v) is 9.24. The molecule has 3 N–H and O–H groups in total. The maximum atomic E-state index is 12.8. The van der Waals surface area contributed by atoms with Crippen LogP contribution in [0.15, 0.2) is 24.3 Å². The molecular weight excluding hydrogens is 324 g/mol. The van der Waals surface area contributed by atoms with Gasteiger partial charge in [-0.15, -0.1) is 11.6 Å². The maximum Gasteiger partial charge on any atom is 0.251 e. The van der Waals surface area contributed by atoms with Crippen LogP contribution in [0.25, 0.3) is 0 Å².